The van der Waals surface area contributed by atoms with Gasteiger partial charge in [-0.05, 0) is 42.3 Å². The van der Waals surface area contributed by atoms with Gasteiger partial charge in [0.15, 0.2) is 12.4 Å². The van der Waals surface area contributed by atoms with Crippen LogP contribution in [0.15, 0.2) is 61.2 Å². The summed E-state index contributed by atoms with van der Waals surface area (Å²) in [6.45, 7) is 3.74. The van der Waals surface area contributed by atoms with Crippen LogP contribution in [0.5, 0.6) is 11.5 Å². The lowest BCUT2D eigenvalue weighted by Crippen LogP contribution is -2.12. The fraction of sp³-hybridized carbons (Fsp3) is 0.167. The molecule has 0 unspecified atom stereocenters. The summed E-state index contributed by atoms with van der Waals surface area (Å²) in [5.41, 5.74) is 1.63. The van der Waals surface area contributed by atoms with Gasteiger partial charge in [0, 0.05) is 5.56 Å². The number of methoxy groups -OCH3 is 1. The molecule has 21 heavy (non-hydrogen) atoms. The normalized spacial score (nSPS) is 9.95. The topological polar surface area (TPSA) is 35.5 Å². The molecular formula is C18H18O3. The lowest BCUT2D eigenvalue weighted by molar-refractivity contribution is 0.0921. The Hall–Kier alpha value is -2.55. The molecule has 0 radical (unpaired) electrons. The molecule has 0 bridgehead atoms. The highest BCUT2D eigenvalue weighted by Gasteiger charge is 2.08. The molecule has 0 spiro atoms. The zero-order valence-corrected chi connectivity index (χ0v) is 12.0. The van der Waals surface area contributed by atoms with Gasteiger partial charge in [-0.15, -0.1) is 6.58 Å². The number of allylic oxidation sites excluding steroid dienone is 1. The van der Waals surface area contributed by atoms with E-state index in [1.54, 1.807) is 31.4 Å². The van der Waals surface area contributed by atoms with Crippen LogP contribution >= 0.6 is 0 Å². The van der Waals surface area contributed by atoms with Gasteiger partial charge in [-0.1, -0.05) is 24.3 Å². The maximum atomic E-state index is 12.1. The minimum atomic E-state index is -0.0638. The van der Waals surface area contributed by atoms with Crippen molar-refractivity contribution in [2.24, 2.45) is 0 Å². The molecule has 3 heteroatoms. The maximum Gasteiger partial charge on any atom is 0.200 e. The predicted octanol–water partition coefficient (Wildman–Crippen LogP) is 3.69. The van der Waals surface area contributed by atoms with Crippen LogP contribution in [0, 0.1) is 0 Å². The van der Waals surface area contributed by atoms with Crippen molar-refractivity contribution in [3.05, 3.63) is 72.3 Å². The largest absolute Gasteiger partial charge is 0.497 e. The first-order valence-corrected chi connectivity index (χ1v) is 6.73. The van der Waals surface area contributed by atoms with Crippen LogP contribution in [-0.4, -0.2) is 19.5 Å². The van der Waals surface area contributed by atoms with Crippen LogP contribution in [0.3, 0.4) is 0 Å². The number of ether oxygens (including phenoxy) is 2. The Morgan fingerprint density at radius 3 is 2.52 bits per heavy atom. The van der Waals surface area contributed by atoms with Crippen LogP contribution in [0.1, 0.15) is 15.9 Å². The Kier molecular flexibility index (Phi) is 5.16. The van der Waals surface area contributed by atoms with E-state index in [1.165, 1.54) is 0 Å². The molecule has 3 nitrogen and oxygen atoms in total. The van der Waals surface area contributed by atoms with Crippen molar-refractivity contribution in [2.45, 2.75) is 6.42 Å². The number of ketones is 1. The summed E-state index contributed by atoms with van der Waals surface area (Å²) >= 11 is 0. The summed E-state index contributed by atoms with van der Waals surface area (Å²) in [5, 5.41) is 0. The Morgan fingerprint density at radius 2 is 1.86 bits per heavy atom. The first-order chi connectivity index (χ1) is 10.2. The van der Waals surface area contributed by atoms with Gasteiger partial charge in [0.05, 0.1) is 7.11 Å². The Morgan fingerprint density at radius 1 is 1.14 bits per heavy atom. The van der Waals surface area contributed by atoms with Crippen molar-refractivity contribution in [2.75, 3.05) is 13.7 Å². The van der Waals surface area contributed by atoms with Gasteiger partial charge in [-0.25, -0.2) is 0 Å². The second-order valence-corrected chi connectivity index (χ2v) is 4.54. The Balaban J connectivity index is 2.01. The minimum Gasteiger partial charge on any atom is -0.497 e. The van der Waals surface area contributed by atoms with Gasteiger partial charge >= 0.3 is 0 Å². The van der Waals surface area contributed by atoms with E-state index in [-0.39, 0.29) is 12.4 Å². The van der Waals surface area contributed by atoms with Gasteiger partial charge in [-0.3, -0.25) is 4.79 Å². The molecule has 0 fully saturated rings. The second-order valence-electron chi connectivity index (χ2n) is 4.54. The molecule has 0 aliphatic carbocycles. The highest BCUT2D eigenvalue weighted by atomic mass is 16.5. The average Bonchev–Trinajstić information content (AvgIpc) is 2.54. The molecule has 0 atom stereocenters. The molecule has 0 aromatic heterocycles. The fourth-order valence-electron chi connectivity index (χ4n) is 1.97. The van der Waals surface area contributed by atoms with Crippen molar-refractivity contribution >= 4 is 5.78 Å². The molecule has 0 N–H and O–H groups in total. The number of Topliss-reactive ketones (excluding diaryl/α,β-unsaturated/α-hetero) is 1. The van der Waals surface area contributed by atoms with E-state index >= 15 is 0 Å². The van der Waals surface area contributed by atoms with E-state index in [0.717, 1.165) is 17.1 Å². The zero-order chi connectivity index (χ0) is 15.1. The third-order valence-corrected chi connectivity index (χ3v) is 3.11. The van der Waals surface area contributed by atoms with Crippen LogP contribution in [-0.2, 0) is 6.42 Å². The van der Waals surface area contributed by atoms with Crippen LogP contribution in [0.4, 0.5) is 0 Å². The molecule has 108 valence electrons. The molecule has 0 saturated heterocycles. The molecule has 0 aliphatic heterocycles. The second kappa shape index (κ2) is 7.29. The van der Waals surface area contributed by atoms with Gasteiger partial charge < -0.3 is 9.47 Å². The summed E-state index contributed by atoms with van der Waals surface area (Å²) < 4.78 is 10.7. The molecule has 0 saturated carbocycles. The third-order valence-electron chi connectivity index (χ3n) is 3.11. The van der Waals surface area contributed by atoms with Gasteiger partial charge in [0.2, 0.25) is 0 Å². The van der Waals surface area contributed by atoms with Crippen molar-refractivity contribution in [3.8, 4) is 11.5 Å². The summed E-state index contributed by atoms with van der Waals surface area (Å²) in [6, 6.07) is 14.7. The van der Waals surface area contributed by atoms with Gasteiger partial charge in [0.1, 0.15) is 11.5 Å². The first kappa shape index (κ1) is 14.9. The van der Waals surface area contributed by atoms with E-state index in [1.807, 2.05) is 30.3 Å². The monoisotopic (exact) mass is 282 g/mol. The molecule has 2 aromatic rings. The predicted molar refractivity (Wildman–Crippen MR) is 83.2 cm³/mol. The summed E-state index contributed by atoms with van der Waals surface area (Å²) in [7, 11) is 1.59. The standard InChI is InChI=1S/C18H18O3/c1-3-6-15-7-4-5-8-18(15)21-13-17(19)14-9-11-16(20-2)12-10-14/h3-5,7-12H,1,6,13H2,2H3. The lowest BCUT2D eigenvalue weighted by Gasteiger charge is -2.10. The van der Waals surface area contributed by atoms with Crippen LogP contribution in [0.25, 0.3) is 0 Å². The van der Waals surface area contributed by atoms with E-state index in [4.69, 9.17) is 9.47 Å². The molecule has 0 heterocycles. The van der Waals surface area contributed by atoms with E-state index in [2.05, 4.69) is 6.58 Å². The van der Waals surface area contributed by atoms with Crippen molar-refractivity contribution in [3.63, 3.8) is 0 Å². The first-order valence-electron chi connectivity index (χ1n) is 6.73. The summed E-state index contributed by atoms with van der Waals surface area (Å²) in [4.78, 5) is 12.1. The number of carbonyl (C=O) groups is 1. The smallest absolute Gasteiger partial charge is 0.200 e. The molecule has 0 amide bonds. The maximum absolute atomic E-state index is 12.1. The number of benzene rings is 2. The molecule has 2 aromatic carbocycles. The fourth-order valence-corrected chi connectivity index (χ4v) is 1.97. The lowest BCUT2D eigenvalue weighted by atomic mass is 10.1. The number of hydrogen-bond donors (Lipinski definition) is 0. The summed E-state index contributed by atoms with van der Waals surface area (Å²) in [6.07, 6.45) is 2.53. The van der Waals surface area contributed by atoms with Crippen molar-refractivity contribution in [1.82, 2.24) is 0 Å². The van der Waals surface area contributed by atoms with E-state index in [0.29, 0.717) is 12.0 Å². The SMILES string of the molecule is C=CCc1ccccc1OCC(=O)c1ccc(OC)cc1. The molecule has 2 rings (SSSR count). The molecular weight excluding hydrogens is 264 g/mol. The summed E-state index contributed by atoms with van der Waals surface area (Å²) in [5.74, 6) is 1.38. The number of rotatable bonds is 7. The Labute approximate surface area is 124 Å². The average molecular weight is 282 g/mol. The van der Waals surface area contributed by atoms with E-state index in [9.17, 15) is 4.79 Å². The van der Waals surface area contributed by atoms with Gasteiger partial charge in [0.25, 0.3) is 0 Å². The van der Waals surface area contributed by atoms with Crippen LogP contribution < -0.4 is 9.47 Å². The highest BCUT2D eigenvalue weighted by Crippen LogP contribution is 2.19. The third kappa shape index (κ3) is 3.96. The van der Waals surface area contributed by atoms with Crippen molar-refractivity contribution in [1.29, 1.82) is 0 Å². The Bertz CT molecular complexity index is 615. The van der Waals surface area contributed by atoms with Crippen molar-refractivity contribution < 1.29 is 14.3 Å². The number of para-hydroxylation sites is 1. The van der Waals surface area contributed by atoms with E-state index < -0.39 is 0 Å². The highest BCUT2D eigenvalue weighted by molar-refractivity contribution is 5.97. The number of hydrogen-bond acceptors (Lipinski definition) is 3. The molecule has 0 aliphatic rings. The zero-order valence-electron chi connectivity index (χ0n) is 12.0. The minimum absolute atomic E-state index is 0.0144. The van der Waals surface area contributed by atoms with Crippen LogP contribution in [0.2, 0.25) is 0 Å². The quantitative estimate of drug-likeness (QED) is 0.574. The van der Waals surface area contributed by atoms with Gasteiger partial charge in [-0.2, -0.15) is 0 Å². The number of carbonyl (C=O) groups excluding carboxylic acids is 1.